The molecular formula is C25H34N2O5. The fraction of sp³-hybridized carbons (Fsp3) is 0.440. The Kier molecular flexibility index (Phi) is 8.27. The van der Waals surface area contributed by atoms with Gasteiger partial charge in [-0.2, -0.15) is 0 Å². The van der Waals surface area contributed by atoms with E-state index in [4.69, 9.17) is 9.47 Å². The molecule has 2 aromatic carbocycles. The van der Waals surface area contributed by atoms with E-state index in [9.17, 15) is 14.7 Å². The molecule has 0 saturated heterocycles. The molecule has 0 fully saturated rings. The van der Waals surface area contributed by atoms with Gasteiger partial charge in [-0.25, -0.2) is 9.59 Å². The molecule has 0 heterocycles. The number of amides is 2. The predicted molar refractivity (Wildman–Crippen MR) is 124 cm³/mol. The third-order valence-corrected chi connectivity index (χ3v) is 4.31. The van der Waals surface area contributed by atoms with Crippen LogP contribution in [0.4, 0.5) is 9.59 Å². The molecule has 0 bridgehead atoms. The van der Waals surface area contributed by atoms with Crippen molar-refractivity contribution in [1.29, 1.82) is 0 Å². The molecule has 0 saturated carbocycles. The lowest BCUT2D eigenvalue weighted by Gasteiger charge is -2.28. The lowest BCUT2D eigenvalue weighted by molar-refractivity contribution is 0.0379. The van der Waals surface area contributed by atoms with E-state index in [2.05, 4.69) is 10.6 Å². The van der Waals surface area contributed by atoms with Gasteiger partial charge in [0.1, 0.15) is 17.3 Å². The van der Waals surface area contributed by atoms with E-state index in [1.165, 1.54) is 0 Å². The topological polar surface area (TPSA) is 96.9 Å². The standard InChI is InChI=1S/C25H34N2O5/c1-24(2,3)31-22(29)26-16-20(27-23(30)32-25(4,5)6)21(28)19-14-12-18(13-15-19)17-10-8-7-9-11-17/h7-15,20-21,28H,16H2,1-6H3,(H,26,29)(H,27,30). The summed E-state index contributed by atoms with van der Waals surface area (Å²) in [5, 5.41) is 16.2. The number of aliphatic hydroxyl groups is 1. The zero-order valence-electron chi connectivity index (χ0n) is 19.6. The number of alkyl carbamates (subject to hydrolysis) is 2. The number of hydrogen-bond acceptors (Lipinski definition) is 5. The van der Waals surface area contributed by atoms with Crippen LogP contribution in [-0.4, -0.2) is 41.1 Å². The van der Waals surface area contributed by atoms with Crippen LogP contribution < -0.4 is 10.6 Å². The first kappa shape index (κ1) is 25.2. The van der Waals surface area contributed by atoms with Crippen molar-refractivity contribution in [3.63, 3.8) is 0 Å². The van der Waals surface area contributed by atoms with Gasteiger partial charge < -0.3 is 25.2 Å². The lowest BCUT2D eigenvalue weighted by Crippen LogP contribution is -2.49. The molecule has 2 amide bonds. The van der Waals surface area contributed by atoms with Crippen LogP contribution >= 0.6 is 0 Å². The van der Waals surface area contributed by atoms with Crippen molar-refractivity contribution in [1.82, 2.24) is 10.6 Å². The second kappa shape index (κ2) is 10.5. The molecule has 32 heavy (non-hydrogen) atoms. The van der Waals surface area contributed by atoms with Gasteiger partial charge in [0.2, 0.25) is 0 Å². The zero-order chi connectivity index (χ0) is 23.9. The van der Waals surface area contributed by atoms with Gasteiger partial charge in [0.05, 0.1) is 6.04 Å². The largest absolute Gasteiger partial charge is 0.444 e. The molecule has 2 rings (SSSR count). The van der Waals surface area contributed by atoms with Crippen molar-refractivity contribution in [3.8, 4) is 11.1 Å². The molecule has 174 valence electrons. The summed E-state index contributed by atoms with van der Waals surface area (Å²) in [4.78, 5) is 24.4. The number of carbonyl (C=O) groups is 2. The molecule has 7 heteroatoms. The third-order valence-electron chi connectivity index (χ3n) is 4.31. The molecule has 0 aliphatic carbocycles. The van der Waals surface area contributed by atoms with E-state index >= 15 is 0 Å². The Morgan fingerprint density at radius 3 is 1.84 bits per heavy atom. The van der Waals surface area contributed by atoms with Gasteiger partial charge in [-0.15, -0.1) is 0 Å². The van der Waals surface area contributed by atoms with Crippen LogP contribution in [-0.2, 0) is 9.47 Å². The van der Waals surface area contributed by atoms with E-state index in [1.54, 1.807) is 53.7 Å². The van der Waals surface area contributed by atoms with Crippen LogP contribution in [0, 0.1) is 0 Å². The highest BCUT2D eigenvalue weighted by molar-refractivity contribution is 5.70. The second-order valence-electron chi connectivity index (χ2n) is 9.57. The molecule has 0 aliphatic rings. The first-order valence-electron chi connectivity index (χ1n) is 10.6. The summed E-state index contributed by atoms with van der Waals surface area (Å²) in [7, 11) is 0. The number of benzene rings is 2. The fourth-order valence-electron chi connectivity index (χ4n) is 2.94. The first-order chi connectivity index (χ1) is 14.8. The van der Waals surface area contributed by atoms with Crippen molar-refractivity contribution in [2.45, 2.75) is 64.9 Å². The maximum Gasteiger partial charge on any atom is 0.408 e. The van der Waals surface area contributed by atoms with E-state index in [0.717, 1.165) is 11.1 Å². The van der Waals surface area contributed by atoms with Crippen LogP contribution in [0.5, 0.6) is 0 Å². The lowest BCUT2D eigenvalue weighted by atomic mass is 9.98. The Hall–Kier alpha value is -3.06. The van der Waals surface area contributed by atoms with Gasteiger partial charge in [-0.3, -0.25) is 0 Å². The average molecular weight is 443 g/mol. The van der Waals surface area contributed by atoms with Crippen molar-refractivity contribution in [3.05, 3.63) is 60.2 Å². The molecule has 0 aliphatic heterocycles. The molecule has 3 N–H and O–H groups in total. The smallest absolute Gasteiger partial charge is 0.408 e. The molecular weight excluding hydrogens is 408 g/mol. The van der Waals surface area contributed by atoms with E-state index in [-0.39, 0.29) is 6.54 Å². The van der Waals surface area contributed by atoms with Gasteiger partial charge in [0.25, 0.3) is 0 Å². The van der Waals surface area contributed by atoms with Crippen molar-refractivity contribution in [2.24, 2.45) is 0 Å². The highest BCUT2D eigenvalue weighted by Gasteiger charge is 2.27. The quantitative estimate of drug-likeness (QED) is 0.597. The van der Waals surface area contributed by atoms with Crippen LogP contribution in [0.2, 0.25) is 0 Å². The third kappa shape index (κ3) is 8.59. The highest BCUT2D eigenvalue weighted by atomic mass is 16.6. The minimum atomic E-state index is -1.08. The Labute approximate surface area is 190 Å². The molecule has 7 nitrogen and oxygen atoms in total. The SMILES string of the molecule is CC(C)(C)OC(=O)NCC(NC(=O)OC(C)(C)C)C(O)c1ccc(-c2ccccc2)cc1. The minimum Gasteiger partial charge on any atom is -0.444 e. The van der Waals surface area contributed by atoms with Gasteiger partial charge >= 0.3 is 12.2 Å². The Bertz CT molecular complexity index is 883. The monoisotopic (exact) mass is 442 g/mol. The summed E-state index contributed by atoms with van der Waals surface area (Å²) in [5.74, 6) is 0. The number of aliphatic hydroxyl groups excluding tert-OH is 1. The zero-order valence-corrected chi connectivity index (χ0v) is 19.6. The summed E-state index contributed by atoms with van der Waals surface area (Å²) >= 11 is 0. The second-order valence-corrected chi connectivity index (χ2v) is 9.57. The van der Waals surface area contributed by atoms with E-state index in [0.29, 0.717) is 5.56 Å². The molecule has 0 radical (unpaired) electrons. The Morgan fingerprint density at radius 1 is 0.812 bits per heavy atom. The summed E-state index contributed by atoms with van der Waals surface area (Å²) in [5.41, 5.74) is 1.30. The molecule has 2 unspecified atom stereocenters. The average Bonchev–Trinajstić information content (AvgIpc) is 2.69. The Morgan fingerprint density at radius 2 is 1.31 bits per heavy atom. The van der Waals surface area contributed by atoms with Gasteiger partial charge in [0, 0.05) is 6.54 Å². The summed E-state index contributed by atoms with van der Waals surface area (Å²) < 4.78 is 10.6. The number of ether oxygens (including phenoxy) is 2. The number of carbonyl (C=O) groups excluding carboxylic acids is 2. The molecule has 2 atom stereocenters. The maximum atomic E-state index is 12.3. The summed E-state index contributed by atoms with van der Waals surface area (Å²) in [6.07, 6.45) is -2.41. The minimum absolute atomic E-state index is 0.0459. The van der Waals surface area contributed by atoms with Crippen LogP contribution in [0.3, 0.4) is 0 Å². The normalized spacial score (nSPS) is 13.6. The first-order valence-corrected chi connectivity index (χ1v) is 10.6. The van der Waals surface area contributed by atoms with Crippen molar-refractivity contribution in [2.75, 3.05) is 6.54 Å². The number of rotatable bonds is 6. The summed E-state index contributed by atoms with van der Waals surface area (Å²) in [6.45, 7) is 10.5. The van der Waals surface area contributed by atoms with Crippen LogP contribution in [0.1, 0.15) is 53.2 Å². The predicted octanol–water partition coefficient (Wildman–Crippen LogP) is 4.81. The molecule has 0 spiro atoms. The Balaban J connectivity index is 2.15. The van der Waals surface area contributed by atoms with Gasteiger partial charge in [-0.1, -0.05) is 54.6 Å². The number of nitrogens with one attached hydrogen (secondary N) is 2. The van der Waals surface area contributed by atoms with Crippen LogP contribution in [0.25, 0.3) is 11.1 Å². The number of hydrogen-bond donors (Lipinski definition) is 3. The molecule has 2 aromatic rings. The summed E-state index contributed by atoms with van der Waals surface area (Å²) in [6, 6.07) is 16.4. The fourth-order valence-corrected chi connectivity index (χ4v) is 2.94. The van der Waals surface area contributed by atoms with E-state index < -0.39 is 35.5 Å². The van der Waals surface area contributed by atoms with Gasteiger partial charge in [-0.05, 0) is 58.2 Å². The van der Waals surface area contributed by atoms with Crippen molar-refractivity contribution >= 4 is 12.2 Å². The van der Waals surface area contributed by atoms with E-state index in [1.807, 2.05) is 42.5 Å². The highest BCUT2D eigenvalue weighted by Crippen LogP contribution is 2.23. The van der Waals surface area contributed by atoms with Crippen LogP contribution in [0.15, 0.2) is 54.6 Å². The van der Waals surface area contributed by atoms with Gasteiger partial charge in [0.15, 0.2) is 0 Å². The van der Waals surface area contributed by atoms with Crippen molar-refractivity contribution < 1.29 is 24.2 Å². The maximum absolute atomic E-state index is 12.3. The molecule has 0 aromatic heterocycles.